The van der Waals surface area contributed by atoms with Crippen molar-refractivity contribution in [1.82, 2.24) is 42.2 Å². The van der Waals surface area contributed by atoms with E-state index in [9.17, 15) is 43.5 Å². The summed E-state index contributed by atoms with van der Waals surface area (Å²) in [4.78, 5) is 98.0. The third-order valence-electron chi connectivity index (χ3n) is 25.5. The lowest BCUT2D eigenvalue weighted by molar-refractivity contribution is -0.144. The number of nitrogens with two attached hydrogens (primary N) is 3. The van der Waals surface area contributed by atoms with E-state index in [1.54, 1.807) is 6.20 Å². The highest BCUT2D eigenvalue weighted by Crippen LogP contribution is 2.34. The van der Waals surface area contributed by atoms with Crippen LogP contribution in [-0.2, 0) is 57.3 Å². The molecule has 8 aromatic carbocycles. The van der Waals surface area contributed by atoms with E-state index >= 15 is 0 Å². The minimum absolute atomic E-state index is 0. The molecule has 0 saturated carbocycles. The molecule has 0 aliphatic carbocycles. The number of aliphatic carboxylic acids is 1. The van der Waals surface area contributed by atoms with Gasteiger partial charge in [-0.15, -0.1) is 37.2 Å². The molecule has 14 N–H and O–H groups in total. The zero-order chi connectivity index (χ0) is 93.9. The van der Waals surface area contributed by atoms with Crippen molar-refractivity contribution in [2.24, 2.45) is 17.2 Å². The van der Waals surface area contributed by atoms with Gasteiger partial charge in [0.05, 0.1) is 75.6 Å². The number of halogens is 3. The van der Waals surface area contributed by atoms with Crippen molar-refractivity contribution in [1.29, 1.82) is 0 Å². The maximum Gasteiger partial charge on any atom is 1.00 e. The van der Waals surface area contributed by atoms with Crippen LogP contribution < -0.4 is 54.4 Å². The molecular formula is C108H145Cl3N11O13+. The Kier molecular flexibility index (Phi) is 53.8. The molecule has 0 spiro atoms. The van der Waals surface area contributed by atoms with Crippen LogP contribution in [-0.4, -0.2) is 174 Å². The largest absolute Gasteiger partial charge is 1.00 e. The summed E-state index contributed by atoms with van der Waals surface area (Å²) in [5.41, 5.74) is 25.1. The number of methoxy groups -OCH3 is 4. The Labute approximate surface area is 819 Å². The summed E-state index contributed by atoms with van der Waals surface area (Å²) in [5.74, 6) is -4.14. The van der Waals surface area contributed by atoms with E-state index in [2.05, 4.69) is 42.2 Å². The number of carboxylic acids is 1. The molecule has 15 atom stereocenters. The maximum absolute atomic E-state index is 11.9. The van der Waals surface area contributed by atoms with Crippen LogP contribution in [0.4, 0.5) is 0 Å². The van der Waals surface area contributed by atoms with E-state index in [-0.39, 0.29) is 158 Å². The van der Waals surface area contributed by atoms with Gasteiger partial charge in [-0.2, -0.15) is 0 Å². The Morgan fingerprint density at radius 2 is 0.452 bits per heavy atom. The normalized spacial score (nSPS) is 20.5. The van der Waals surface area contributed by atoms with Crippen molar-refractivity contribution >= 4 is 84.8 Å². The number of pyridine rings is 1. The number of nitrogens with zero attached hydrogens (tertiary/aromatic N) is 1. The summed E-state index contributed by atoms with van der Waals surface area (Å²) in [5, 5.41) is 33.2. The van der Waals surface area contributed by atoms with Crippen LogP contribution in [0.1, 0.15) is 234 Å². The number of hydrogen-bond donors (Lipinski definition) is 11. The summed E-state index contributed by atoms with van der Waals surface area (Å²) in [6.07, 6.45) is 25.3. The molecular weight excluding hydrogens is 1770 g/mol. The van der Waals surface area contributed by atoms with Gasteiger partial charge in [0.2, 0.25) is 17.7 Å². The number of piperidine rings is 7. The molecule has 1 aromatic heterocycles. The molecule has 7 aliphatic rings. The monoisotopic (exact) mass is 1910 g/mol. The van der Waals surface area contributed by atoms with Crippen LogP contribution in [0.25, 0.3) is 0 Å². The molecule has 7 aliphatic heterocycles. The van der Waals surface area contributed by atoms with Crippen molar-refractivity contribution < 1.29 is 63.8 Å². The molecule has 3 amide bonds. The average molecular weight is 1910 g/mol. The van der Waals surface area contributed by atoms with Crippen LogP contribution >= 0.6 is 37.2 Å². The van der Waals surface area contributed by atoms with Gasteiger partial charge in [-0.3, -0.25) is 43.3 Å². The number of amides is 3. The Hall–Kier alpha value is -10.7. The first-order chi connectivity index (χ1) is 64.5. The Balaban J connectivity index is 0.000000273. The zero-order valence-electron chi connectivity index (χ0n) is 79.6. The van der Waals surface area contributed by atoms with Crippen LogP contribution in [0.15, 0.2) is 267 Å². The number of nitrogens with one attached hydrogen (secondary N) is 7. The second-order valence-electron chi connectivity index (χ2n) is 34.3. The lowest BCUT2D eigenvalue weighted by atomic mass is 9.86. The van der Waals surface area contributed by atoms with Crippen LogP contribution in [0, 0.1) is 0 Å². The predicted molar refractivity (Wildman–Crippen MR) is 542 cm³/mol. The van der Waals surface area contributed by atoms with Gasteiger partial charge in [-0.1, -0.05) is 294 Å². The summed E-state index contributed by atoms with van der Waals surface area (Å²) in [6, 6.07) is 84.9. The minimum Gasteiger partial charge on any atom is -0.481 e. The fraction of sp³-hybridized carbons (Fsp3) is 0.435. The van der Waals surface area contributed by atoms with Crippen molar-refractivity contribution in [2.45, 2.75) is 224 Å². The van der Waals surface area contributed by atoms with E-state index in [0.29, 0.717) is 5.69 Å². The molecule has 8 heterocycles. The highest BCUT2D eigenvalue weighted by molar-refractivity contribution is 5.87. The first-order valence-corrected chi connectivity index (χ1v) is 47.3. The van der Waals surface area contributed by atoms with Crippen molar-refractivity contribution in [3.8, 4) is 0 Å². The number of esters is 4. The van der Waals surface area contributed by atoms with Crippen molar-refractivity contribution in [3.05, 3.63) is 317 Å². The van der Waals surface area contributed by atoms with Crippen molar-refractivity contribution in [3.63, 3.8) is 0 Å². The molecule has 15 unspecified atom stereocenters. The minimum atomic E-state index is -0.731. The molecule has 9 aromatic rings. The third kappa shape index (κ3) is 37.0. The fourth-order valence-corrected chi connectivity index (χ4v) is 18.8. The van der Waals surface area contributed by atoms with Crippen LogP contribution in [0.2, 0.25) is 0 Å². The number of carboxylic acid groups (broad SMARTS) is 1. The quantitative estimate of drug-likeness (QED) is 0.0198. The number of aromatic nitrogens is 1. The summed E-state index contributed by atoms with van der Waals surface area (Å²) < 4.78 is 19.8. The standard InChI is InChI=1S/4C14H19NO2.2C13H18N2O.C13H12N2O.C13H17NO2.3ClH/c4*1-17-14(16)13(11-7-3-2-4-8-11)12-9-5-6-10-15-12;3*14-13(16)12(10-6-2-1-3-7-10)11-8-4-5-9-15-11;15-13(16)12(10-6-2-1-3-7-10)11-8-4-5-9-14-11;;;/h4*2-4,7-8,12-13,15H,5-6,9-10H2,1H3;2*1-3,6-7,11-12,15H,4-5,8-9H2,(H2,14,16);1-9,12H,(H2,14,16);1-3,6-7,11-12,14H,4-5,8-9H2,(H,15,16);3*1H/p+1. The SMILES string of the molecule is COC(=O)C(c1ccccc1)C1CCCCN1.COC(=O)C(c1ccccc1)C1CCCCN1.COC(=O)C(c1ccccc1)C1CCCCN1.COC(=O)C(c1ccccc1)C1CCCCN1.Cl.Cl.Cl.NC(=O)C(c1ccccc1)C1CCCCN1.NC(=O)C(c1ccccc1)C1CCCCN1.NC(=O)C(c1ccccc1)c1ccccn1.O=C(O)C(c1ccccc1)C1CCCCN1.[H+]. The van der Waals surface area contributed by atoms with Gasteiger partial charge < -0.3 is 78.5 Å². The van der Waals surface area contributed by atoms with Gasteiger partial charge in [-0.05, 0) is 192 Å². The number of hydrogen-bond acceptors (Lipinski definition) is 20. The number of benzene rings is 8. The first-order valence-electron chi connectivity index (χ1n) is 47.3. The van der Waals surface area contributed by atoms with E-state index in [0.717, 1.165) is 148 Å². The molecule has 27 heteroatoms. The molecule has 7 fully saturated rings. The van der Waals surface area contributed by atoms with Crippen LogP contribution in [0.5, 0.6) is 0 Å². The van der Waals surface area contributed by atoms with Gasteiger partial charge in [0.25, 0.3) is 0 Å². The fourth-order valence-electron chi connectivity index (χ4n) is 18.8. The Morgan fingerprint density at radius 3 is 0.622 bits per heavy atom. The molecule has 16 rings (SSSR count). The molecule has 24 nitrogen and oxygen atoms in total. The van der Waals surface area contributed by atoms with E-state index < -0.39 is 17.8 Å². The molecule has 730 valence electrons. The predicted octanol–water partition coefficient (Wildman–Crippen LogP) is 16.2. The third-order valence-corrected chi connectivity index (χ3v) is 25.5. The van der Waals surface area contributed by atoms with Gasteiger partial charge in [0.15, 0.2) is 0 Å². The van der Waals surface area contributed by atoms with E-state index in [4.69, 9.17) is 36.1 Å². The summed E-state index contributed by atoms with van der Waals surface area (Å²) in [6.45, 7) is 6.87. The number of primary amides is 3. The maximum atomic E-state index is 11.9. The first kappa shape index (κ1) is 113. The Morgan fingerprint density at radius 1 is 0.267 bits per heavy atom. The number of rotatable bonds is 24. The lowest BCUT2D eigenvalue weighted by Gasteiger charge is -2.29. The Bertz CT molecular complexity index is 4260. The zero-order valence-corrected chi connectivity index (χ0v) is 81.1. The highest BCUT2D eigenvalue weighted by Gasteiger charge is 2.38. The van der Waals surface area contributed by atoms with Crippen molar-refractivity contribution in [2.75, 3.05) is 74.3 Å². The van der Waals surface area contributed by atoms with Gasteiger partial charge in [-0.25, -0.2) is 0 Å². The van der Waals surface area contributed by atoms with Crippen LogP contribution in [0.3, 0.4) is 0 Å². The average Bonchev–Trinajstić information content (AvgIpc) is 0.837. The highest BCUT2D eigenvalue weighted by atomic mass is 35.5. The molecule has 0 bridgehead atoms. The number of ether oxygens (including phenoxy) is 4. The molecule has 0 radical (unpaired) electrons. The van der Waals surface area contributed by atoms with E-state index in [1.165, 1.54) is 105 Å². The van der Waals surface area contributed by atoms with Gasteiger partial charge in [0, 0.05) is 48.5 Å². The number of carbonyl (C=O) groups is 8. The second-order valence-corrected chi connectivity index (χ2v) is 34.3. The molecule has 135 heavy (non-hydrogen) atoms. The smallest absolute Gasteiger partial charge is 0.481 e. The van der Waals surface area contributed by atoms with Gasteiger partial charge >= 0.3 is 31.3 Å². The summed E-state index contributed by atoms with van der Waals surface area (Å²) in [7, 11) is 5.84. The second kappa shape index (κ2) is 64.3. The van der Waals surface area contributed by atoms with Gasteiger partial charge in [0.1, 0.15) is 5.92 Å². The number of carbonyl (C=O) groups excluding carboxylic acids is 7. The topological polar surface area (TPSA) is 369 Å². The lowest BCUT2D eigenvalue weighted by Crippen LogP contribution is -2.43. The van der Waals surface area contributed by atoms with E-state index in [1.807, 2.05) is 261 Å². The summed E-state index contributed by atoms with van der Waals surface area (Å²) >= 11 is 0. The molecule has 7 saturated heterocycles.